The van der Waals surface area contributed by atoms with E-state index in [-0.39, 0.29) is 15.9 Å². The Labute approximate surface area is 117 Å². The van der Waals surface area contributed by atoms with Crippen molar-refractivity contribution in [3.05, 3.63) is 40.5 Å². The summed E-state index contributed by atoms with van der Waals surface area (Å²) in [6, 6.07) is 1.42. The van der Waals surface area contributed by atoms with Gasteiger partial charge in [-0.1, -0.05) is 11.6 Å². The van der Waals surface area contributed by atoms with Crippen molar-refractivity contribution in [2.75, 3.05) is 4.72 Å². The average molecular weight is 350 g/mol. The molecule has 0 aliphatic heterocycles. The maximum absolute atomic E-state index is 12.0. The third kappa shape index (κ3) is 2.95. The molecule has 0 fully saturated rings. The Hall–Kier alpha value is -1.25. The van der Waals surface area contributed by atoms with E-state index in [1.165, 1.54) is 30.9 Å². The molecule has 0 radical (unpaired) electrons. The van der Waals surface area contributed by atoms with Gasteiger partial charge in [0, 0.05) is 29.3 Å². The molecule has 0 unspecified atom stereocenters. The molecule has 2 rings (SSSR count). The maximum Gasteiger partial charge on any atom is 0.264 e. The van der Waals surface area contributed by atoms with Gasteiger partial charge in [-0.3, -0.25) is 9.71 Å². The summed E-state index contributed by atoms with van der Waals surface area (Å²) in [7, 11) is -3.79. The molecular formula is C9H6BrClN4O2S. The Bertz CT molecular complexity index is 680. The second-order valence-electron chi connectivity index (χ2n) is 3.14. The predicted octanol–water partition coefficient (Wildman–Crippen LogP) is 2.09. The first kappa shape index (κ1) is 13.2. The summed E-state index contributed by atoms with van der Waals surface area (Å²) < 4.78 is 26.8. The van der Waals surface area contributed by atoms with Crippen molar-refractivity contribution in [3.63, 3.8) is 0 Å². The molecular weight excluding hydrogens is 344 g/mol. The van der Waals surface area contributed by atoms with E-state index in [9.17, 15) is 8.42 Å². The van der Waals surface area contributed by atoms with Crippen LogP contribution in [0.1, 0.15) is 0 Å². The number of aromatic nitrogens is 3. The zero-order valence-corrected chi connectivity index (χ0v) is 11.9. The van der Waals surface area contributed by atoms with Gasteiger partial charge in [-0.25, -0.2) is 18.4 Å². The zero-order valence-electron chi connectivity index (χ0n) is 8.71. The van der Waals surface area contributed by atoms with E-state index in [2.05, 4.69) is 35.6 Å². The SMILES string of the molecule is O=S(=O)(Nc1nccnc1Cl)c1cncc(Br)c1. The van der Waals surface area contributed by atoms with Crippen LogP contribution < -0.4 is 4.72 Å². The number of halogens is 2. The minimum atomic E-state index is -3.79. The highest BCUT2D eigenvalue weighted by molar-refractivity contribution is 9.10. The lowest BCUT2D eigenvalue weighted by Crippen LogP contribution is -2.14. The summed E-state index contributed by atoms with van der Waals surface area (Å²) in [5, 5.41) is -0.0240. The van der Waals surface area contributed by atoms with E-state index < -0.39 is 10.0 Å². The van der Waals surface area contributed by atoms with Gasteiger partial charge in [0.1, 0.15) is 4.90 Å². The lowest BCUT2D eigenvalue weighted by Gasteiger charge is -2.07. The van der Waals surface area contributed by atoms with Crippen molar-refractivity contribution in [3.8, 4) is 0 Å². The Morgan fingerprint density at radius 1 is 1.22 bits per heavy atom. The molecule has 0 saturated carbocycles. The van der Waals surface area contributed by atoms with Crippen LogP contribution in [0.15, 0.2) is 40.2 Å². The van der Waals surface area contributed by atoms with E-state index in [4.69, 9.17) is 11.6 Å². The van der Waals surface area contributed by atoms with Crippen LogP contribution in [0.5, 0.6) is 0 Å². The van der Waals surface area contributed by atoms with Crippen LogP contribution >= 0.6 is 27.5 Å². The predicted molar refractivity (Wildman–Crippen MR) is 69.8 cm³/mol. The summed E-state index contributed by atoms with van der Waals surface area (Å²) in [6.45, 7) is 0. The Morgan fingerprint density at radius 3 is 2.61 bits per heavy atom. The molecule has 2 aromatic heterocycles. The van der Waals surface area contributed by atoms with Crippen molar-refractivity contribution in [2.24, 2.45) is 0 Å². The molecule has 0 aliphatic rings. The highest BCUT2D eigenvalue weighted by Crippen LogP contribution is 2.20. The van der Waals surface area contributed by atoms with Gasteiger partial charge >= 0.3 is 0 Å². The average Bonchev–Trinajstić information content (AvgIpc) is 2.32. The fourth-order valence-electron chi connectivity index (χ4n) is 1.12. The second kappa shape index (κ2) is 5.17. The normalized spacial score (nSPS) is 11.2. The maximum atomic E-state index is 12.0. The summed E-state index contributed by atoms with van der Waals surface area (Å²) >= 11 is 8.87. The standard InChI is InChI=1S/C9H6BrClN4O2S/c10-6-3-7(5-12-4-6)18(16,17)15-9-8(11)13-1-2-14-9/h1-5H,(H,14,15). The first-order chi connectivity index (χ1) is 8.49. The van der Waals surface area contributed by atoms with Crippen molar-refractivity contribution >= 4 is 43.4 Å². The molecule has 9 heteroatoms. The molecule has 0 atom stereocenters. The molecule has 0 aromatic carbocycles. The lowest BCUT2D eigenvalue weighted by molar-refractivity contribution is 0.600. The molecule has 0 amide bonds. The molecule has 0 saturated heterocycles. The fraction of sp³-hybridized carbons (Fsp3) is 0. The zero-order chi connectivity index (χ0) is 13.2. The molecule has 0 spiro atoms. The first-order valence-corrected chi connectivity index (χ1v) is 7.24. The van der Waals surface area contributed by atoms with Gasteiger partial charge < -0.3 is 0 Å². The third-order valence-corrected chi connectivity index (χ3v) is 3.89. The van der Waals surface area contributed by atoms with E-state index in [1.807, 2.05) is 0 Å². The molecule has 2 aromatic rings. The molecule has 2 heterocycles. The van der Waals surface area contributed by atoms with E-state index in [1.54, 1.807) is 0 Å². The van der Waals surface area contributed by atoms with E-state index in [0.29, 0.717) is 4.47 Å². The van der Waals surface area contributed by atoms with Crippen molar-refractivity contribution in [1.82, 2.24) is 15.0 Å². The van der Waals surface area contributed by atoms with Crippen molar-refractivity contribution in [2.45, 2.75) is 4.90 Å². The van der Waals surface area contributed by atoms with Gasteiger partial charge in [0.15, 0.2) is 11.0 Å². The summed E-state index contributed by atoms with van der Waals surface area (Å²) in [5.74, 6) is -0.0286. The minimum absolute atomic E-state index is 0.00130. The van der Waals surface area contributed by atoms with E-state index >= 15 is 0 Å². The van der Waals surface area contributed by atoms with Crippen LogP contribution in [0.4, 0.5) is 5.82 Å². The number of hydrogen-bond donors (Lipinski definition) is 1. The van der Waals surface area contributed by atoms with Gasteiger partial charge in [-0.2, -0.15) is 0 Å². The topological polar surface area (TPSA) is 84.8 Å². The highest BCUT2D eigenvalue weighted by atomic mass is 79.9. The van der Waals surface area contributed by atoms with Crippen LogP contribution in [0, 0.1) is 0 Å². The van der Waals surface area contributed by atoms with Crippen LogP contribution in [-0.2, 0) is 10.0 Å². The van der Waals surface area contributed by atoms with Gasteiger partial charge in [0.25, 0.3) is 10.0 Å². The summed E-state index contributed by atoms with van der Waals surface area (Å²) in [6.07, 6.45) is 5.40. The van der Waals surface area contributed by atoms with Crippen LogP contribution in [0.2, 0.25) is 5.15 Å². The fourth-order valence-corrected chi connectivity index (χ4v) is 2.84. The van der Waals surface area contributed by atoms with Crippen LogP contribution in [0.25, 0.3) is 0 Å². The van der Waals surface area contributed by atoms with E-state index in [0.717, 1.165) is 0 Å². The van der Waals surface area contributed by atoms with Crippen molar-refractivity contribution < 1.29 is 8.42 Å². The molecule has 6 nitrogen and oxygen atoms in total. The van der Waals surface area contributed by atoms with Gasteiger partial charge in [0.05, 0.1) is 0 Å². The second-order valence-corrected chi connectivity index (χ2v) is 6.10. The smallest absolute Gasteiger partial charge is 0.262 e. The van der Waals surface area contributed by atoms with Gasteiger partial charge in [-0.05, 0) is 22.0 Å². The quantitative estimate of drug-likeness (QED) is 0.917. The molecule has 0 aliphatic carbocycles. The molecule has 94 valence electrons. The molecule has 18 heavy (non-hydrogen) atoms. The molecule has 1 N–H and O–H groups in total. The number of pyridine rings is 1. The third-order valence-electron chi connectivity index (χ3n) is 1.87. The number of sulfonamides is 1. The first-order valence-electron chi connectivity index (χ1n) is 4.59. The van der Waals surface area contributed by atoms with Crippen LogP contribution in [0.3, 0.4) is 0 Å². The Balaban J connectivity index is 2.37. The number of hydrogen-bond acceptors (Lipinski definition) is 5. The summed E-state index contributed by atoms with van der Waals surface area (Å²) in [4.78, 5) is 11.3. The van der Waals surface area contributed by atoms with Gasteiger partial charge in [0.2, 0.25) is 0 Å². The number of rotatable bonds is 3. The lowest BCUT2D eigenvalue weighted by atomic mass is 10.5. The largest absolute Gasteiger partial charge is 0.264 e. The summed E-state index contributed by atoms with van der Waals surface area (Å²) in [5.41, 5.74) is 0. The Morgan fingerprint density at radius 2 is 1.94 bits per heavy atom. The minimum Gasteiger partial charge on any atom is -0.262 e. The number of nitrogens with zero attached hydrogens (tertiary/aromatic N) is 3. The Kier molecular flexibility index (Phi) is 3.79. The number of nitrogens with one attached hydrogen (secondary N) is 1. The van der Waals surface area contributed by atoms with Gasteiger partial charge in [-0.15, -0.1) is 0 Å². The monoisotopic (exact) mass is 348 g/mol. The highest BCUT2D eigenvalue weighted by Gasteiger charge is 2.17. The number of anilines is 1. The van der Waals surface area contributed by atoms with Crippen molar-refractivity contribution in [1.29, 1.82) is 0 Å². The molecule has 0 bridgehead atoms. The van der Waals surface area contributed by atoms with Crippen LogP contribution in [-0.4, -0.2) is 23.4 Å².